The molecule has 2 nitrogen and oxygen atoms in total. The van der Waals surface area contributed by atoms with Crippen molar-refractivity contribution in [1.82, 2.24) is 4.72 Å². The van der Waals surface area contributed by atoms with Crippen LogP contribution >= 0.6 is 0 Å². The van der Waals surface area contributed by atoms with Gasteiger partial charge in [0.2, 0.25) is 0 Å². The van der Waals surface area contributed by atoms with Crippen molar-refractivity contribution in [2.24, 2.45) is 0 Å². The van der Waals surface area contributed by atoms with Gasteiger partial charge in [-0.25, -0.2) is 8.93 Å². The Morgan fingerprint density at radius 3 is 1.61 bits per heavy atom. The van der Waals surface area contributed by atoms with Gasteiger partial charge in [-0.2, -0.15) is 26.3 Å². The molecule has 1 rings (SSSR count). The lowest BCUT2D eigenvalue weighted by Gasteiger charge is -2.23. The quantitative estimate of drug-likeness (QED) is 0.767. The van der Waals surface area contributed by atoms with Gasteiger partial charge in [-0.3, -0.25) is 0 Å². The number of hydrogen-bond acceptors (Lipinski definition) is 1. The maximum Gasteiger partial charge on any atom is 0.416 e. The summed E-state index contributed by atoms with van der Waals surface area (Å²) in [7, 11) is -1.64. The Balaban J connectivity index is 3.27. The Hall–Kier alpha value is -1.09. The summed E-state index contributed by atoms with van der Waals surface area (Å²) in [6.07, 6.45) is -9.81. The highest BCUT2D eigenvalue weighted by atomic mass is 32.2. The van der Waals surface area contributed by atoms with Crippen molar-refractivity contribution >= 4 is 11.0 Å². The molecule has 0 saturated carbocycles. The highest BCUT2D eigenvalue weighted by molar-refractivity contribution is 7.84. The first-order valence-corrected chi connectivity index (χ1v) is 7.75. The lowest BCUT2D eigenvalue weighted by Crippen LogP contribution is -2.35. The molecular weight excluding hydrogens is 344 g/mol. The lowest BCUT2D eigenvalue weighted by atomic mass is 10.0. The molecule has 0 amide bonds. The van der Waals surface area contributed by atoms with E-state index in [1.807, 2.05) is 0 Å². The third kappa shape index (κ3) is 5.49. The largest absolute Gasteiger partial charge is 0.416 e. The summed E-state index contributed by atoms with van der Waals surface area (Å²) in [5.41, 5.74) is -3.01. The van der Waals surface area contributed by atoms with E-state index >= 15 is 0 Å². The summed E-state index contributed by atoms with van der Waals surface area (Å²) in [6.45, 7) is 6.27. The van der Waals surface area contributed by atoms with E-state index < -0.39 is 45.3 Å². The fourth-order valence-corrected chi connectivity index (χ4v) is 2.45. The Morgan fingerprint density at radius 1 is 0.913 bits per heavy atom. The van der Waals surface area contributed by atoms with Gasteiger partial charge in [-0.15, -0.1) is 0 Å². The zero-order valence-corrected chi connectivity index (χ0v) is 13.7. The zero-order valence-electron chi connectivity index (χ0n) is 12.9. The molecule has 1 N–H and O–H groups in total. The fourth-order valence-electron chi connectivity index (χ4n) is 1.63. The van der Waals surface area contributed by atoms with Crippen molar-refractivity contribution < 1.29 is 30.6 Å². The molecule has 0 fully saturated rings. The molecule has 0 aliphatic carbocycles. The van der Waals surface area contributed by atoms with E-state index in [0.717, 1.165) is 0 Å². The standard InChI is InChI=1S/C14H17F6NOS/c1-8(21-23(22)12(2,3)4)9-5-10(13(15,16)17)7-11(6-9)14(18,19)20/h5-8,21H,1-4H3. The predicted octanol–water partition coefficient (Wildman–Crippen LogP) is 4.84. The van der Waals surface area contributed by atoms with E-state index in [-0.39, 0.29) is 11.6 Å². The number of benzene rings is 1. The number of rotatable bonds is 3. The molecule has 0 aliphatic heterocycles. The van der Waals surface area contributed by atoms with Gasteiger partial charge in [0.15, 0.2) is 0 Å². The molecule has 0 aromatic heterocycles. The molecule has 2 unspecified atom stereocenters. The van der Waals surface area contributed by atoms with Gasteiger partial charge in [0, 0.05) is 6.04 Å². The van der Waals surface area contributed by atoms with Crippen molar-refractivity contribution in [3.8, 4) is 0 Å². The van der Waals surface area contributed by atoms with Gasteiger partial charge in [0.05, 0.1) is 26.9 Å². The number of hydrogen-bond donors (Lipinski definition) is 1. The smallest absolute Gasteiger partial charge is 0.242 e. The maximum atomic E-state index is 12.8. The second-order valence-electron chi connectivity index (χ2n) is 6.06. The number of halogens is 6. The molecule has 23 heavy (non-hydrogen) atoms. The summed E-state index contributed by atoms with van der Waals surface area (Å²) < 4.78 is 90.6. The summed E-state index contributed by atoms with van der Waals surface area (Å²) in [5.74, 6) is 0. The molecular formula is C14H17F6NOS. The Morgan fingerprint density at radius 2 is 1.30 bits per heavy atom. The van der Waals surface area contributed by atoms with Crippen LogP contribution in [0.3, 0.4) is 0 Å². The van der Waals surface area contributed by atoms with E-state index in [1.54, 1.807) is 20.8 Å². The third-order valence-corrected chi connectivity index (χ3v) is 4.63. The first-order valence-electron chi connectivity index (χ1n) is 6.60. The summed E-state index contributed by atoms with van der Waals surface area (Å²) in [6, 6.07) is 0.384. The first-order chi connectivity index (χ1) is 10.1. The fraction of sp³-hybridized carbons (Fsp3) is 0.571. The van der Waals surface area contributed by atoms with E-state index in [1.165, 1.54) is 6.92 Å². The minimum atomic E-state index is -4.90. The van der Waals surface area contributed by atoms with E-state index in [4.69, 9.17) is 0 Å². The van der Waals surface area contributed by atoms with Crippen molar-refractivity contribution in [2.75, 3.05) is 0 Å². The molecule has 9 heteroatoms. The minimum Gasteiger partial charge on any atom is -0.242 e. The third-order valence-electron chi connectivity index (χ3n) is 2.95. The van der Waals surface area contributed by atoms with E-state index in [9.17, 15) is 30.6 Å². The van der Waals surface area contributed by atoms with E-state index in [0.29, 0.717) is 12.1 Å². The molecule has 1 aromatic rings. The summed E-state index contributed by atoms with van der Waals surface area (Å²) >= 11 is 0. The van der Waals surface area contributed by atoms with Crippen LogP contribution < -0.4 is 4.72 Å². The highest BCUT2D eigenvalue weighted by Gasteiger charge is 2.37. The lowest BCUT2D eigenvalue weighted by molar-refractivity contribution is -0.143. The van der Waals surface area contributed by atoms with Crippen LogP contribution in [-0.4, -0.2) is 8.96 Å². The van der Waals surface area contributed by atoms with Crippen LogP contribution in [0.5, 0.6) is 0 Å². The Labute approximate surface area is 132 Å². The zero-order chi connectivity index (χ0) is 18.2. The number of nitrogens with one attached hydrogen (secondary N) is 1. The van der Waals surface area contributed by atoms with Crippen LogP contribution in [0.4, 0.5) is 26.3 Å². The van der Waals surface area contributed by atoms with Crippen molar-refractivity contribution in [3.05, 3.63) is 34.9 Å². The molecule has 0 radical (unpaired) electrons. The maximum absolute atomic E-state index is 12.8. The van der Waals surface area contributed by atoms with Crippen LogP contribution in [0, 0.1) is 0 Å². The average molecular weight is 361 g/mol. The predicted molar refractivity (Wildman–Crippen MR) is 75.9 cm³/mol. The van der Waals surface area contributed by atoms with Crippen molar-refractivity contribution in [1.29, 1.82) is 0 Å². The second kappa shape index (κ2) is 6.43. The van der Waals surface area contributed by atoms with Crippen LogP contribution in [0.15, 0.2) is 18.2 Å². The molecule has 0 aliphatic rings. The summed E-state index contributed by atoms with van der Waals surface area (Å²) in [4.78, 5) is 0. The molecule has 2 atom stereocenters. The Kier molecular flexibility index (Phi) is 5.58. The van der Waals surface area contributed by atoms with Crippen LogP contribution in [-0.2, 0) is 23.3 Å². The van der Waals surface area contributed by atoms with Gasteiger partial charge in [-0.1, -0.05) is 0 Å². The highest BCUT2D eigenvalue weighted by Crippen LogP contribution is 2.37. The second-order valence-corrected chi connectivity index (χ2v) is 8.06. The van der Waals surface area contributed by atoms with Crippen molar-refractivity contribution in [2.45, 2.75) is 50.8 Å². The van der Waals surface area contributed by atoms with Gasteiger partial charge < -0.3 is 0 Å². The monoisotopic (exact) mass is 361 g/mol. The topological polar surface area (TPSA) is 29.1 Å². The van der Waals surface area contributed by atoms with Crippen molar-refractivity contribution in [3.63, 3.8) is 0 Å². The molecule has 132 valence electrons. The normalized spacial score (nSPS) is 16.3. The van der Waals surface area contributed by atoms with Gasteiger partial charge in [0.25, 0.3) is 0 Å². The molecule has 0 spiro atoms. The SMILES string of the molecule is CC(NS(=O)C(C)(C)C)c1cc(C(F)(F)F)cc(C(F)(F)F)c1. The van der Waals surface area contributed by atoms with Crippen LogP contribution in [0.2, 0.25) is 0 Å². The molecule has 0 saturated heterocycles. The van der Waals surface area contributed by atoms with Crippen LogP contribution in [0.25, 0.3) is 0 Å². The van der Waals surface area contributed by atoms with E-state index in [2.05, 4.69) is 4.72 Å². The molecule has 0 heterocycles. The number of alkyl halides is 6. The van der Waals surface area contributed by atoms with Gasteiger partial charge in [-0.05, 0) is 51.5 Å². The molecule has 1 aromatic carbocycles. The van der Waals surface area contributed by atoms with Gasteiger partial charge >= 0.3 is 12.4 Å². The average Bonchev–Trinajstić information content (AvgIpc) is 2.34. The Bertz CT molecular complexity index is 556. The summed E-state index contributed by atoms with van der Waals surface area (Å²) in [5, 5.41) is 0. The van der Waals surface area contributed by atoms with Gasteiger partial charge in [0.1, 0.15) is 0 Å². The minimum absolute atomic E-state index is 0.0664. The first kappa shape index (κ1) is 20.0. The molecule has 0 bridgehead atoms. The van der Waals surface area contributed by atoms with Crippen LogP contribution in [0.1, 0.15) is 50.4 Å².